The number of nitrogens with zero attached hydrogens (tertiary/aromatic N) is 1. The number of nitro groups is 1. The maximum atomic E-state index is 13.2. The Morgan fingerprint density at radius 3 is 2.75 bits per heavy atom. The Kier molecular flexibility index (Phi) is 3.39. The van der Waals surface area contributed by atoms with Crippen molar-refractivity contribution in [2.24, 2.45) is 0 Å². The van der Waals surface area contributed by atoms with Crippen LogP contribution in [0.4, 0.5) is 10.1 Å². The lowest BCUT2D eigenvalue weighted by Crippen LogP contribution is -2.08. The first-order valence-corrected chi connectivity index (χ1v) is 4.31. The summed E-state index contributed by atoms with van der Waals surface area (Å²) in [5.41, 5.74) is -1.24. The van der Waals surface area contributed by atoms with Crippen molar-refractivity contribution in [3.8, 4) is 5.75 Å². The number of aromatic hydroxyl groups is 1. The van der Waals surface area contributed by atoms with Gasteiger partial charge in [0, 0.05) is 6.07 Å². The number of carbonyl (C=O) groups excluding carboxylic acids is 1. The maximum absolute atomic E-state index is 13.2. The number of carbonyl (C=O) groups is 1. The van der Waals surface area contributed by atoms with Crippen LogP contribution < -0.4 is 0 Å². The minimum Gasteiger partial charge on any atom is -0.505 e. The zero-order valence-corrected chi connectivity index (χ0v) is 8.27. The summed E-state index contributed by atoms with van der Waals surface area (Å²) in [6, 6.07) is 1.34. The van der Waals surface area contributed by atoms with Crippen molar-refractivity contribution in [1.29, 1.82) is 0 Å². The molecule has 0 saturated carbocycles. The second-order valence-electron chi connectivity index (χ2n) is 2.80. The predicted molar refractivity (Wildman–Crippen MR) is 50.7 cm³/mol. The standard InChI is InChI=1S/C9H8FNO5/c1-2-16-9(13)6-3-5(11(14)15)4-7(12)8(6)10/h3-4,12H,2H2,1H3. The molecule has 1 rings (SSSR count). The quantitative estimate of drug-likeness (QED) is 0.483. The molecule has 0 bridgehead atoms. The van der Waals surface area contributed by atoms with Crippen molar-refractivity contribution in [3.05, 3.63) is 33.6 Å². The van der Waals surface area contributed by atoms with E-state index in [0.717, 1.165) is 0 Å². The van der Waals surface area contributed by atoms with E-state index >= 15 is 0 Å². The normalized spacial score (nSPS) is 9.88. The number of halogens is 1. The molecular formula is C9H8FNO5. The van der Waals surface area contributed by atoms with Crippen molar-refractivity contribution in [1.82, 2.24) is 0 Å². The molecule has 0 heterocycles. The number of hydrogen-bond acceptors (Lipinski definition) is 5. The molecule has 16 heavy (non-hydrogen) atoms. The number of hydrogen-bond donors (Lipinski definition) is 1. The number of rotatable bonds is 3. The SMILES string of the molecule is CCOC(=O)c1cc([N+](=O)[O-])cc(O)c1F. The monoisotopic (exact) mass is 229 g/mol. The van der Waals surface area contributed by atoms with E-state index in [4.69, 9.17) is 5.11 Å². The minimum atomic E-state index is -1.23. The van der Waals surface area contributed by atoms with Crippen LogP contribution in [0.5, 0.6) is 5.75 Å². The molecule has 0 spiro atoms. The number of non-ortho nitro benzene ring substituents is 1. The summed E-state index contributed by atoms with van der Waals surface area (Å²) >= 11 is 0. The molecule has 0 atom stereocenters. The Morgan fingerprint density at radius 2 is 2.25 bits per heavy atom. The number of benzene rings is 1. The fourth-order valence-corrected chi connectivity index (χ4v) is 1.06. The molecule has 0 fully saturated rings. The van der Waals surface area contributed by atoms with Gasteiger partial charge in [-0.15, -0.1) is 0 Å². The first-order chi connectivity index (χ1) is 7.47. The van der Waals surface area contributed by atoms with Gasteiger partial charge in [0.15, 0.2) is 11.6 Å². The van der Waals surface area contributed by atoms with Crippen molar-refractivity contribution < 1.29 is 24.0 Å². The van der Waals surface area contributed by atoms with Gasteiger partial charge in [-0.1, -0.05) is 0 Å². The molecule has 0 radical (unpaired) electrons. The summed E-state index contributed by atoms with van der Waals surface area (Å²) in [6.07, 6.45) is 0. The van der Waals surface area contributed by atoms with Gasteiger partial charge in [-0.25, -0.2) is 9.18 Å². The van der Waals surface area contributed by atoms with Crippen LogP contribution in [0.2, 0.25) is 0 Å². The van der Waals surface area contributed by atoms with Crippen LogP contribution in [-0.2, 0) is 4.74 Å². The molecule has 0 unspecified atom stereocenters. The van der Waals surface area contributed by atoms with Gasteiger partial charge in [0.2, 0.25) is 0 Å². The third-order valence-electron chi connectivity index (χ3n) is 1.74. The molecule has 0 aliphatic carbocycles. The smallest absolute Gasteiger partial charge is 0.341 e. The van der Waals surface area contributed by atoms with Crippen molar-refractivity contribution in [2.75, 3.05) is 6.61 Å². The first kappa shape index (κ1) is 11.9. The third kappa shape index (κ3) is 2.25. The zero-order chi connectivity index (χ0) is 12.3. The van der Waals surface area contributed by atoms with Gasteiger partial charge in [0.25, 0.3) is 5.69 Å². The summed E-state index contributed by atoms with van der Waals surface area (Å²) < 4.78 is 17.7. The highest BCUT2D eigenvalue weighted by Crippen LogP contribution is 2.26. The van der Waals surface area contributed by atoms with Gasteiger partial charge >= 0.3 is 5.97 Å². The lowest BCUT2D eigenvalue weighted by Gasteiger charge is -2.04. The highest BCUT2D eigenvalue weighted by Gasteiger charge is 2.21. The number of phenolic OH excluding ortho intramolecular Hbond substituents is 1. The van der Waals surface area contributed by atoms with Gasteiger partial charge < -0.3 is 9.84 Å². The van der Waals surface area contributed by atoms with E-state index in [2.05, 4.69) is 4.74 Å². The molecule has 0 aliphatic heterocycles. The third-order valence-corrected chi connectivity index (χ3v) is 1.74. The highest BCUT2D eigenvalue weighted by atomic mass is 19.1. The average Bonchev–Trinajstić information content (AvgIpc) is 2.21. The second-order valence-corrected chi connectivity index (χ2v) is 2.80. The minimum absolute atomic E-state index is 0.00171. The molecule has 6 nitrogen and oxygen atoms in total. The average molecular weight is 229 g/mol. The number of phenols is 1. The van der Waals surface area contributed by atoms with Crippen LogP contribution in [0.25, 0.3) is 0 Å². The summed E-state index contributed by atoms with van der Waals surface area (Å²) in [5, 5.41) is 19.5. The second kappa shape index (κ2) is 4.56. The van der Waals surface area contributed by atoms with Crippen LogP contribution in [0.1, 0.15) is 17.3 Å². The molecule has 1 N–H and O–H groups in total. The van der Waals surface area contributed by atoms with Crippen molar-refractivity contribution in [2.45, 2.75) is 6.92 Å². The molecule has 0 aromatic heterocycles. The topological polar surface area (TPSA) is 89.7 Å². The largest absolute Gasteiger partial charge is 0.505 e. The Labute approximate surface area is 89.4 Å². The summed E-state index contributed by atoms with van der Waals surface area (Å²) in [6.45, 7) is 1.51. The maximum Gasteiger partial charge on any atom is 0.341 e. The van der Waals surface area contributed by atoms with E-state index in [1.165, 1.54) is 6.92 Å². The van der Waals surface area contributed by atoms with E-state index in [1.807, 2.05) is 0 Å². The van der Waals surface area contributed by atoms with Crippen LogP contribution in [0, 0.1) is 15.9 Å². The number of ether oxygens (including phenoxy) is 1. The molecule has 1 aromatic carbocycles. The first-order valence-electron chi connectivity index (χ1n) is 4.31. The molecule has 86 valence electrons. The fourth-order valence-electron chi connectivity index (χ4n) is 1.06. The Morgan fingerprint density at radius 1 is 1.62 bits per heavy atom. The van der Waals surface area contributed by atoms with Gasteiger partial charge in [-0.05, 0) is 6.92 Å². The lowest BCUT2D eigenvalue weighted by molar-refractivity contribution is -0.385. The Hall–Kier alpha value is -2.18. The van der Waals surface area contributed by atoms with Gasteiger partial charge in [-0.3, -0.25) is 10.1 Å². The molecule has 1 aromatic rings. The number of esters is 1. The molecular weight excluding hydrogens is 221 g/mol. The van der Waals surface area contributed by atoms with Crippen LogP contribution in [0.3, 0.4) is 0 Å². The predicted octanol–water partition coefficient (Wildman–Crippen LogP) is 1.62. The van der Waals surface area contributed by atoms with Gasteiger partial charge in [0.1, 0.15) is 5.56 Å². The summed E-state index contributed by atoms with van der Waals surface area (Å²) in [4.78, 5) is 20.8. The Balaban J connectivity index is 3.26. The zero-order valence-electron chi connectivity index (χ0n) is 8.27. The van der Waals surface area contributed by atoms with Crippen molar-refractivity contribution in [3.63, 3.8) is 0 Å². The van der Waals surface area contributed by atoms with E-state index in [0.29, 0.717) is 12.1 Å². The van der Waals surface area contributed by atoms with E-state index in [1.54, 1.807) is 0 Å². The fraction of sp³-hybridized carbons (Fsp3) is 0.222. The van der Waals surface area contributed by atoms with E-state index in [-0.39, 0.29) is 6.61 Å². The molecule has 0 aliphatic rings. The van der Waals surface area contributed by atoms with E-state index in [9.17, 15) is 19.3 Å². The summed E-state index contributed by atoms with van der Waals surface area (Å²) in [7, 11) is 0. The van der Waals surface area contributed by atoms with Gasteiger partial charge in [0.05, 0.1) is 17.6 Å². The van der Waals surface area contributed by atoms with Gasteiger partial charge in [-0.2, -0.15) is 0 Å². The van der Waals surface area contributed by atoms with Crippen LogP contribution in [-0.4, -0.2) is 22.6 Å². The Bertz CT molecular complexity index is 446. The molecule has 7 heteroatoms. The van der Waals surface area contributed by atoms with Crippen molar-refractivity contribution >= 4 is 11.7 Å². The molecule has 0 amide bonds. The molecule has 0 saturated heterocycles. The lowest BCUT2D eigenvalue weighted by atomic mass is 10.1. The van der Waals surface area contributed by atoms with Crippen LogP contribution in [0.15, 0.2) is 12.1 Å². The highest BCUT2D eigenvalue weighted by molar-refractivity contribution is 5.91. The number of nitro benzene ring substituents is 1. The summed E-state index contributed by atoms with van der Waals surface area (Å²) in [5.74, 6) is -3.25. The van der Waals surface area contributed by atoms with Crippen LogP contribution >= 0.6 is 0 Å². The van der Waals surface area contributed by atoms with E-state index < -0.39 is 33.7 Å².